The molecule has 0 bridgehead atoms. The number of hydrogen-bond donors (Lipinski definition) is 1. The fraction of sp³-hybridized carbons (Fsp3) is 0.722. The molecule has 1 atom stereocenters. The molecule has 1 amide bonds. The smallest absolute Gasteiger partial charge is 0.222 e. The highest BCUT2D eigenvalue weighted by Gasteiger charge is 2.19. The largest absolute Gasteiger partial charge is 0.375 e. The van der Waals surface area contributed by atoms with Crippen LogP contribution in [0.25, 0.3) is 0 Å². The lowest BCUT2D eigenvalue weighted by Crippen LogP contribution is -2.38. The molecule has 8 heteroatoms. The molecule has 7 nitrogen and oxygen atoms in total. The van der Waals surface area contributed by atoms with E-state index < -0.39 is 0 Å². The SMILES string of the molecule is CCNC(=NCCCN1CCCC1=O)N(C)Cc1csc(C(C)OC)n1. The van der Waals surface area contributed by atoms with E-state index in [1.54, 1.807) is 18.4 Å². The lowest BCUT2D eigenvalue weighted by atomic mass is 10.4. The van der Waals surface area contributed by atoms with Crippen LogP contribution in [0.15, 0.2) is 10.4 Å². The van der Waals surface area contributed by atoms with E-state index in [4.69, 9.17) is 9.73 Å². The van der Waals surface area contributed by atoms with Gasteiger partial charge in [0, 0.05) is 52.1 Å². The van der Waals surface area contributed by atoms with Crippen molar-refractivity contribution in [3.63, 3.8) is 0 Å². The third-order valence-electron chi connectivity index (χ3n) is 4.39. The number of thiazole rings is 1. The Labute approximate surface area is 160 Å². The molecular formula is C18H31N5O2S. The van der Waals surface area contributed by atoms with Crippen LogP contribution in [0.4, 0.5) is 0 Å². The third-order valence-corrected chi connectivity index (χ3v) is 5.44. The van der Waals surface area contributed by atoms with Crippen molar-refractivity contribution in [1.29, 1.82) is 0 Å². The number of guanidine groups is 1. The second-order valence-electron chi connectivity index (χ2n) is 6.48. The van der Waals surface area contributed by atoms with Crippen molar-refractivity contribution in [3.8, 4) is 0 Å². The molecule has 0 radical (unpaired) electrons. The number of nitrogens with zero attached hydrogens (tertiary/aromatic N) is 4. The lowest BCUT2D eigenvalue weighted by Gasteiger charge is -2.21. The number of aromatic nitrogens is 1. The molecule has 1 fully saturated rings. The van der Waals surface area contributed by atoms with E-state index in [1.807, 2.05) is 18.9 Å². The topological polar surface area (TPSA) is 70.1 Å². The molecule has 1 aromatic heterocycles. The molecule has 1 aliphatic heterocycles. The van der Waals surface area contributed by atoms with E-state index in [2.05, 4.69) is 27.5 Å². The van der Waals surface area contributed by atoms with Gasteiger partial charge in [-0.3, -0.25) is 9.79 Å². The number of rotatable bonds is 9. The van der Waals surface area contributed by atoms with E-state index in [1.165, 1.54) is 0 Å². The maximum absolute atomic E-state index is 11.6. The van der Waals surface area contributed by atoms with Crippen LogP contribution in [-0.2, 0) is 16.1 Å². The fourth-order valence-electron chi connectivity index (χ4n) is 2.86. The minimum atomic E-state index is 0.0225. The zero-order valence-electron chi connectivity index (χ0n) is 16.3. The quantitative estimate of drug-likeness (QED) is 0.404. The van der Waals surface area contributed by atoms with Crippen LogP contribution < -0.4 is 5.32 Å². The molecule has 1 aromatic rings. The van der Waals surface area contributed by atoms with Crippen LogP contribution in [0.5, 0.6) is 0 Å². The van der Waals surface area contributed by atoms with Gasteiger partial charge in [0.25, 0.3) is 0 Å². The number of nitrogens with one attached hydrogen (secondary N) is 1. The highest BCUT2D eigenvalue weighted by molar-refractivity contribution is 7.09. The van der Waals surface area contributed by atoms with Gasteiger partial charge in [-0.25, -0.2) is 4.98 Å². The van der Waals surface area contributed by atoms with Crippen LogP contribution in [-0.4, -0.2) is 67.0 Å². The number of aliphatic imine (C=N–C) groups is 1. The minimum Gasteiger partial charge on any atom is -0.375 e. The summed E-state index contributed by atoms with van der Waals surface area (Å²) in [5.74, 6) is 1.15. The van der Waals surface area contributed by atoms with Gasteiger partial charge in [0.1, 0.15) is 11.1 Å². The summed E-state index contributed by atoms with van der Waals surface area (Å²) in [7, 11) is 3.72. The Morgan fingerprint density at radius 1 is 1.58 bits per heavy atom. The Bertz CT molecular complexity index is 604. The van der Waals surface area contributed by atoms with Crippen molar-refractivity contribution < 1.29 is 9.53 Å². The van der Waals surface area contributed by atoms with Gasteiger partial charge in [0.05, 0.1) is 12.2 Å². The first-order valence-electron chi connectivity index (χ1n) is 9.29. The summed E-state index contributed by atoms with van der Waals surface area (Å²) < 4.78 is 5.33. The van der Waals surface area contributed by atoms with Crippen LogP contribution in [0.3, 0.4) is 0 Å². The van der Waals surface area contributed by atoms with E-state index >= 15 is 0 Å². The number of ether oxygens (including phenoxy) is 1. The van der Waals surface area contributed by atoms with Gasteiger partial charge >= 0.3 is 0 Å². The molecule has 1 N–H and O–H groups in total. The number of methoxy groups -OCH3 is 1. The number of likely N-dealkylation sites (tertiary alicyclic amines) is 1. The van der Waals surface area contributed by atoms with Crippen molar-refractivity contribution in [1.82, 2.24) is 20.1 Å². The van der Waals surface area contributed by atoms with Gasteiger partial charge in [-0.05, 0) is 26.7 Å². The minimum absolute atomic E-state index is 0.0225. The van der Waals surface area contributed by atoms with Gasteiger partial charge in [-0.2, -0.15) is 0 Å². The summed E-state index contributed by atoms with van der Waals surface area (Å²) in [5, 5.41) is 6.39. The predicted molar refractivity (Wildman–Crippen MR) is 105 cm³/mol. The van der Waals surface area contributed by atoms with E-state index in [0.29, 0.717) is 19.5 Å². The van der Waals surface area contributed by atoms with Gasteiger partial charge in [0.2, 0.25) is 5.91 Å². The van der Waals surface area contributed by atoms with Crippen LogP contribution >= 0.6 is 11.3 Å². The zero-order chi connectivity index (χ0) is 18.9. The predicted octanol–water partition coefficient (Wildman–Crippen LogP) is 2.26. The third kappa shape index (κ3) is 5.95. The number of amides is 1. The summed E-state index contributed by atoms with van der Waals surface area (Å²) in [6, 6.07) is 0. The van der Waals surface area contributed by atoms with Crippen molar-refractivity contribution in [2.24, 2.45) is 4.99 Å². The van der Waals surface area contributed by atoms with Gasteiger partial charge in [-0.15, -0.1) is 11.3 Å². The monoisotopic (exact) mass is 381 g/mol. The molecule has 0 aromatic carbocycles. The van der Waals surface area contributed by atoms with Gasteiger partial charge in [-0.1, -0.05) is 0 Å². The lowest BCUT2D eigenvalue weighted by molar-refractivity contribution is -0.127. The molecule has 146 valence electrons. The molecule has 0 saturated carbocycles. The summed E-state index contributed by atoms with van der Waals surface area (Å²) in [6.45, 7) is 7.99. The second kappa shape index (κ2) is 10.5. The Kier molecular flexibility index (Phi) is 8.31. The molecule has 2 heterocycles. The summed E-state index contributed by atoms with van der Waals surface area (Å²) in [5.41, 5.74) is 1.02. The number of carbonyl (C=O) groups is 1. The van der Waals surface area contributed by atoms with Crippen molar-refractivity contribution in [3.05, 3.63) is 16.1 Å². The van der Waals surface area contributed by atoms with Crippen molar-refractivity contribution in [2.75, 3.05) is 40.3 Å². The van der Waals surface area contributed by atoms with Gasteiger partial charge in [0.15, 0.2) is 5.96 Å². The Balaban J connectivity index is 1.86. The fourth-order valence-corrected chi connectivity index (χ4v) is 3.70. The number of carbonyl (C=O) groups excluding carboxylic acids is 1. The summed E-state index contributed by atoms with van der Waals surface area (Å²) in [6.07, 6.45) is 2.60. The number of hydrogen-bond acceptors (Lipinski definition) is 5. The normalized spacial score (nSPS) is 16.2. The highest BCUT2D eigenvalue weighted by atomic mass is 32.1. The van der Waals surface area contributed by atoms with Crippen molar-refractivity contribution in [2.45, 2.75) is 45.8 Å². The van der Waals surface area contributed by atoms with Crippen LogP contribution in [0.1, 0.15) is 49.9 Å². The molecule has 1 saturated heterocycles. The Morgan fingerprint density at radius 3 is 3.04 bits per heavy atom. The van der Waals surface area contributed by atoms with Crippen LogP contribution in [0.2, 0.25) is 0 Å². The Hall–Kier alpha value is -1.67. The van der Waals surface area contributed by atoms with E-state index in [9.17, 15) is 4.79 Å². The first kappa shape index (κ1) is 20.6. The average molecular weight is 382 g/mol. The maximum atomic E-state index is 11.6. The highest BCUT2D eigenvalue weighted by Crippen LogP contribution is 2.20. The first-order valence-corrected chi connectivity index (χ1v) is 10.2. The first-order chi connectivity index (χ1) is 12.5. The van der Waals surface area contributed by atoms with Gasteiger partial charge < -0.3 is 19.9 Å². The van der Waals surface area contributed by atoms with E-state index in [0.717, 1.165) is 49.1 Å². The molecule has 0 aliphatic carbocycles. The average Bonchev–Trinajstić information content (AvgIpc) is 3.26. The molecule has 0 spiro atoms. The molecule has 26 heavy (non-hydrogen) atoms. The summed E-state index contributed by atoms with van der Waals surface area (Å²) in [4.78, 5) is 25.0. The summed E-state index contributed by atoms with van der Waals surface area (Å²) >= 11 is 1.62. The molecule has 1 aliphatic rings. The van der Waals surface area contributed by atoms with Crippen molar-refractivity contribution >= 4 is 23.2 Å². The molecular weight excluding hydrogens is 350 g/mol. The maximum Gasteiger partial charge on any atom is 0.222 e. The van der Waals surface area contributed by atoms with Crippen LogP contribution in [0, 0.1) is 0 Å². The second-order valence-corrected chi connectivity index (χ2v) is 7.37. The standard InChI is InChI=1S/C18H31N5O2S/c1-5-19-18(20-9-7-11-23-10-6-8-16(23)24)22(3)12-15-13-26-17(21-15)14(2)25-4/h13-14H,5-12H2,1-4H3,(H,19,20). The zero-order valence-corrected chi connectivity index (χ0v) is 17.1. The Morgan fingerprint density at radius 2 is 2.38 bits per heavy atom. The molecule has 1 unspecified atom stereocenters. The molecule has 2 rings (SSSR count). The van der Waals surface area contributed by atoms with E-state index in [-0.39, 0.29) is 12.0 Å².